The van der Waals surface area contributed by atoms with Gasteiger partial charge in [0.1, 0.15) is 0 Å². The van der Waals surface area contributed by atoms with Crippen molar-refractivity contribution in [2.24, 2.45) is 0 Å². The molecule has 0 bridgehead atoms. The highest BCUT2D eigenvalue weighted by molar-refractivity contribution is 5.77. The van der Waals surface area contributed by atoms with Crippen molar-refractivity contribution in [3.63, 3.8) is 0 Å². The van der Waals surface area contributed by atoms with Gasteiger partial charge in [-0.3, -0.25) is 9.78 Å². The van der Waals surface area contributed by atoms with Crippen molar-refractivity contribution in [3.05, 3.63) is 54.4 Å². The summed E-state index contributed by atoms with van der Waals surface area (Å²) in [6.45, 7) is 3.06. The number of carbonyl (C=O) groups excluding carboxylic acids is 1. The molecule has 1 aliphatic heterocycles. The van der Waals surface area contributed by atoms with Crippen molar-refractivity contribution in [2.45, 2.75) is 38.3 Å². The molecule has 0 spiro atoms. The van der Waals surface area contributed by atoms with E-state index in [0.29, 0.717) is 12.5 Å². The van der Waals surface area contributed by atoms with Gasteiger partial charge in [0.2, 0.25) is 5.91 Å². The molecule has 2 atom stereocenters. The van der Waals surface area contributed by atoms with Gasteiger partial charge in [-0.2, -0.15) is 0 Å². The Morgan fingerprint density at radius 2 is 1.91 bits per heavy atom. The molecule has 1 aliphatic rings. The van der Waals surface area contributed by atoms with Gasteiger partial charge in [0.15, 0.2) is 0 Å². The topological polar surface area (TPSA) is 54.0 Å². The smallest absolute Gasteiger partial charge is 0.222 e. The zero-order chi connectivity index (χ0) is 16.1. The molecule has 0 radical (unpaired) electrons. The SMILES string of the molecule is CC(NC(=O)CC1CCCN1)c1ccc(-c2ccncc2)cc1. The number of nitrogens with one attached hydrogen (secondary N) is 2. The summed E-state index contributed by atoms with van der Waals surface area (Å²) >= 11 is 0. The molecule has 3 rings (SSSR count). The normalized spacial score (nSPS) is 18.6. The second-order valence-electron chi connectivity index (χ2n) is 6.14. The van der Waals surface area contributed by atoms with Gasteiger partial charge in [0.05, 0.1) is 6.04 Å². The second-order valence-corrected chi connectivity index (χ2v) is 6.14. The van der Waals surface area contributed by atoms with Crippen molar-refractivity contribution in [2.75, 3.05) is 6.54 Å². The molecule has 120 valence electrons. The lowest BCUT2D eigenvalue weighted by Crippen LogP contribution is -2.33. The van der Waals surface area contributed by atoms with Crippen molar-refractivity contribution in [3.8, 4) is 11.1 Å². The molecule has 1 fully saturated rings. The fourth-order valence-corrected chi connectivity index (χ4v) is 3.05. The van der Waals surface area contributed by atoms with Crippen molar-refractivity contribution >= 4 is 5.91 Å². The summed E-state index contributed by atoms with van der Waals surface area (Å²) in [4.78, 5) is 16.2. The van der Waals surface area contributed by atoms with Crippen LogP contribution in [0, 0.1) is 0 Å². The fourth-order valence-electron chi connectivity index (χ4n) is 3.05. The van der Waals surface area contributed by atoms with E-state index in [2.05, 4.69) is 39.9 Å². The number of rotatable bonds is 5. The number of carbonyl (C=O) groups is 1. The van der Waals surface area contributed by atoms with Gasteiger partial charge in [0.25, 0.3) is 0 Å². The van der Waals surface area contributed by atoms with E-state index in [1.165, 1.54) is 6.42 Å². The van der Waals surface area contributed by atoms with E-state index < -0.39 is 0 Å². The van der Waals surface area contributed by atoms with Gasteiger partial charge in [-0.1, -0.05) is 24.3 Å². The van der Waals surface area contributed by atoms with E-state index in [9.17, 15) is 4.79 Å². The van der Waals surface area contributed by atoms with E-state index in [1.807, 2.05) is 19.1 Å². The predicted molar refractivity (Wildman–Crippen MR) is 91.9 cm³/mol. The summed E-state index contributed by atoms with van der Waals surface area (Å²) in [6.07, 6.45) is 6.43. The van der Waals surface area contributed by atoms with Gasteiger partial charge in [-0.05, 0) is 55.1 Å². The third-order valence-electron chi connectivity index (χ3n) is 4.40. The Bertz CT molecular complexity index is 633. The molecule has 0 saturated carbocycles. The summed E-state index contributed by atoms with van der Waals surface area (Å²) in [7, 11) is 0. The summed E-state index contributed by atoms with van der Waals surface area (Å²) in [5.74, 6) is 0.120. The Labute approximate surface area is 137 Å². The van der Waals surface area contributed by atoms with E-state index >= 15 is 0 Å². The van der Waals surface area contributed by atoms with Crippen LogP contribution in [0.15, 0.2) is 48.8 Å². The Balaban J connectivity index is 1.59. The van der Waals surface area contributed by atoms with Crippen LogP contribution >= 0.6 is 0 Å². The van der Waals surface area contributed by atoms with Crippen LogP contribution in [0.1, 0.15) is 37.8 Å². The van der Waals surface area contributed by atoms with Crippen LogP contribution in [0.3, 0.4) is 0 Å². The largest absolute Gasteiger partial charge is 0.350 e. The third kappa shape index (κ3) is 4.17. The predicted octanol–water partition coefficient (Wildman–Crippen LogP) is 3.07. The quantitative estimate of drug-likeness (QED) is 0.892. The molecule has 1 aromatic heterocycles. The van der Waals surface area contributed by atoms with Gasteiger partial charge >= 0.3 is 0 Å². The van der Waals surface area contributed by atoms with Gasteiger partial charge in [-0.15, -0.1) is 0 Å². The number of benzene rings is 1. The molecule has 23 heavy (non-hydrogen) atoms. The zero-order valence-electron chi connectivity index (χ0n) is 13.5. The highest BCUT2D eigenvalue weighted by Gasteiger charge is 2.18. The molecule has 4 nitrogen and oxygen atoms in total. The molecule has 1 saturated heterocycles. The monoisotopic (exact) mass is 309 g/mol. The molecule has 2 aromatic rings. The van der Waals surface area contributed by atoms with Crippen LogP contribution in [0.25, 0.3) is 11.1 Å². The lowest BCUT2D eigenvalue weighted by Gasteiger charge is -2.17. The van der Waals surface area contributed by atoms with Crippen molar-refractivity contribution < 1.29 is 4.79 Å². The molecule has 2 unspecified atom stereocenters. The Morgan fingerprint density at radius 1 is 1.22 bits per heavy atom. The number of hydrogen-bond acceptors (Lipinski definition) is 3. The van der Waals surface area contributed by atoms with E-state index in [1.54, 1.807) is 12.4 Å². The molecule has 2 N–H and O–H groups in total. The Morgan fingerprint density at radius 3 is 2.57 bits per heavy atom. The second kappa shape index (κ2) is 7.38. The summed E-state index contributed by atoms with van der Waals surface area (Å²) in [5.41, 5.74) is 3.43. The minimum atomic E-state index is 0.0235. The van der Waals surface area contributed by atoms with Gasteiger partial charge < -0.3 is 10.6 Å². The first-order chi connectivity index (χ1) is 11.2. The van der Waals surface area contributed by atoms with Crippen molar-refractivity contribution in [1.82, 2.24) is 15.6 Å². The van der Waals surface area contributed by atoms with Crippen LogP contribution in [0.4, 0.5) is 0 Å². The minimum Gasteiger partial charge on any atom is -0.350 e. The molecule has 4 heteroatoms. The van der Waals surface area contributed by atoms with Gasteiger partial charge in [0, 0.05) is 24.9 Å². The zero-order valence-corrected chi connectivity index (χ0v) is 13.5. The average Bonchev–Trinajstić information content (AvgIpc) is 3.08. The van der Waals surface area contributed by atoms with Crippen LogP contribution in [-0.4, -0.2) is 23.5 Å². The fraction of sp³-hybridized carbons (Fsp3) is 0.368. The number of amides is 1. The lowest BCUT2D eigenvalue weighted by atomic mass is 10.0. The first-order valence-electron chi connectivity index (χ1n) is 8.25. The van der Waals surface area contributed by atoms with Crippen LogP contribution < -0.4 is 10.6 Å². The molecule has 0 aliphatic carbocycles. The Kier molecular flexibility index (Phi) is 5.03. The van der Waals surface area contributed by atoms with Crippen molar-refractivity contribution in [1.29, 1.82) is 0 Å². The first-order valence-corrected chi connectivity index (χ1v) is 8.25. The van der Waals surface area contributed by atoms with Crippen LogP contribution in [0.2, 0.25) is 0 Å². The standard InChI is InChI=1S/C19H23N3O/c1-14(22-19(23)13-18-3-2-10-21-18)15-4-6-16(7-5-15)17-8-11-20-12-9-17/h4-9,11-12,14,18,21H,2-3,10,13H2,1H3,(H,22,23). The van der Waals surface area contributed by atoms with E-state index in [0.717, 1.165) is 29.7 Å². The molecule has 2 heterocycles. The molecule has 1 aromatic carbocycles. The minimum absolute atomic E-state index is 0.0235. The van der Waals surface area contributed by atoms with E-state index in [4.69, 9.17) is 0 Å². The summed E-state index contributed by atoms with van der Waals surface area (Å²) < 4.78 is 0. The van der Waals surface area contributed by atoms with Crippen LogP contribution in [-0.2, 0) is 4.79 Å². The number of aromatic nitrogens is 1. The Hall–Kier alpha value is -2.20. The average molecular weight is 309 g/mol. The lowest BCUT2D eigenvalue weighted by molar-refractivity contribution is -0.122. The number of pyridine rings is 1. The first kappa shape index (κ1) is 15.7. The van der Waals surface area contributed by atoms with Crippen LogP contribution in [0.5, 0.6) is 0 Å². The highest BCUT2D eigenvalue weighted by atomic mass is 16.1. The number of nitrogens with zero attached hydrogens (tertiary/aromatic N) is 1. The maximum Gasteiger partial charge on any atom is 0.222 e. The maximum atomic E-state index is 12.1. The molecule has 1 amide bonds. The highest BCUT2D eigenvalue weighted by Crippen LogP contribution is 2.21. The van der Waals surface area contributed by atoms with E-state index in [-0.39, 0.29) is 11.9 Å². The number of hydrogen-bond donors (Lipinski definition) is 2. The summed E-state index contributed by atoms with van der Waals surface area (Å²) in [5, 5.41) is 6.45. The van der Waals surface area contributed by atoms with Gasteiger partial charge in [-0.25, -0.2) is 0 Å². The third-order valence-corrected chi connectivity index (χ3v) is 4.40. The molecular weight excluding hydrogens is 286 g/mol. The summed E-state index contributed by atoms with van der Waals surface area (Å²) in [6, 6.07) is 12.7. The maximum absolute atomic E-state index is 12.1. The molecular formula is C19H23N3O.